The summed E-state index contributed by atoms with van der Waals surface area (Å²) >= 11 is 1.75. The Morgan fingerprint density at radius 2 is 2.00 bits per heavy atom. The highest BCUT2D eigenvalue weighted by atomic mass is 32.1. The van der Waals surface area contributed by atoms with E-state index in [1.165, 1.54) is 15.3 Å². The first-order valence-electron chi connectivity index (χ1n) is 6.63. The number of aryl methyl sites for hydroxylation is 2. The number of rotatable bonds is 3. The molecule has 0 aliphatic heterocycles. The van der Waals surface area contributed by atoms with Crippen LogP contribution in [0.3, 0.4) is 0 Å². The Bertz CT molecular complexity index is 646. The van der Waals surface area contributed by atoms with Crippen molar-refractivity contribution in [2.45, 2.75) is 33.7 Å². The highest BCUT2D eigenvalue weighted by molar-refractivity contribution is 7.12. The van der Waals surface area contributed by atoms with Crippen LogP contribution in [0.5, 0.6) is 0 Å². The van der Waals surface area contributed by atoms with Crippen LogP contribution in [0.15, 0.2) is 24.3 Å². The van der Waals surface area contributed by atoms with Gasteiger partial charge < -0.3 is 11.1 Å². The van der Waals surface area contributed by atoms with Crippen LogP contribution < -0.4 is 11.1 Å². The van der Waals surface area contributed by atoms with Crippen LogP contribution in [0.4, 0.5) is 5.69 Å². The van der Waals surface area contributed by atoms with Crippen molar-refractivity contribution in [3.05, 3.63) is 50.7 Å². The molecule has 1 aromatic heterocycles. The molecule has 4 heteroatoms. The quantitative estimate of drug-likeness (QED) is 0.845. The van der Waals surface area contributed by atoms with Gasteiger partial charge in [0.25, 0.3) is 5.91 Å². The molecule has 0 bridgehead atoms. The lowest BCUT2D eigenvalue weighted by atomic mass is 10.0. The third kappa shape index (κ3) is 2.85. The Morgan fingerprint density at radius 1 is 1.30 bits per heavy atom. The monoisotopic (exact) mass is 288 g/mol. The smallest absolute Gasteiger partial charge is 0.252 e. The molecular weight excluding hydrogens is 268 g/mol. The number of hydrogen-bond acceptors (Lipinski definition) is 3. The molecule has 1 atom stereocenters. The van der Waals surface area contributed by atoms with Gasteiger partial charge in [-0.05, 0) is 57.0 Å². The summed E-state index contributed by atoms with van der Waals surface area (Å²) in [6.07, 6.45) is 0. The summed E-state index contributed by atoms with van der Waals surface area (Å²) in [4.78, 5) is 14.9. The molecule has 0 spiro atoms. The minimum atomic E-state index is -0.0782. The maximum Gasteiger partial charge on any atom is 0.252 e. The van der Waals surface area contributed by atoms with Crippen molar-refractivity contribution in [3.63, 3.8) is 0 Å². The minimum absolute atomic E-state index is 0.00622. The number of anilines is 1. The Balaban J connectivity index is 2.19. The average molecular weight is 288 g/mol. The molecule has 0 saturated heterocycles. The van der Waals surface area contributed by atoms with Crippen molar-refractivity contribution in [2.75, 3.05) is 5.73 Å². The molecule has 1 aromatic carbocycles. The van der Waals surface area contributed by atoms with E-state index in [0.29, 0.717) is 11.3 Å². The van der Waals surface area contributed by atoms with Crippen molar-refractivity contribution in [1.29, 1.82) is 0 Å². The van der Waals surface area contributed by atoms with Gasteiger partial charge in [0, 0.05) is 21.0 Å². The molecule has 0 aliphatic rings. The fourth-order valence-corrected chi connectivity index (χ4v) is 3.35. The largest absolute Gasteiger partial charge is 0.398 e. The van der Waals surface area contributed by atoms with Crippen molar-refractivity contribution < 1.29 is 4.79 Å². The molecule has 2 aromatic rings. The molecule has 3 nitrogen and oxygen atoms in total. The Kier molecular flexibility index (Phi) is 4.14. The molecule has 1 heterocycles. The summed E-state index contributed by atoms with van der Waals surface area (Å²) in [6.45, 7) is 8.04. The lowest BCUT2D eigenvalue weighted by molar-refractivity contribution is 0.0939. The van der Waals surface area contributed by atoms with Crippen LogP contribution >= 0.6 is 11.3 Å². The predicted molar refractivity (Wildman–Crippen MR) is 85.3 cm³/mol. The maximum absolute atomic E-state index is 12.4. The second-order valence-corrected chi connectivity index (χ2v) is 6.54. The van der Waals surface area contributed by atoms with Gasteiger partial charge in [-0.1, -0.05) is 6.07 Å². The van der Waals surface area contributed by atoms with Gasteiger partial charge in [0.05, 0.1) is 6.04 Å². The number of nitrogens with two attached hydrogens (primary N) is 1. The average Bonchev–Trinajstić information content (AvgIpc) is 2.71. The van der Waals surface area contributed by atoms with Crippen molar-refractivity contribution in [2.24, 2.45) is 0 Å². The van der Waals surface area contributed by atoms with Gasteiger partial charge in [-0.25, -0.2) is 0 Å². The SMILES string of the molecule is Cc1cc(C(C)NC(=O)c2cccc(N)c2C)c(C)s1. The zero-order valence-corrected chi connectivity index (χ0v) is 13.1. The highest BCUT2D eigenvalue weighted by Gasteiger charge is 2.16. The van der Waals surface area contributed by atoms with Gasteiger partial charge in [0.15, 0.2) is 0 Å². The molecule has 0 fully saturated rings. The zero-order valence-electron chi connectivity index (χ0n) is 12.3. The molecule has 0 radical (unpaired) electrons. The first-order chi connectivity index (χ1) is 9.40. The van der Waals surface area contributed by atoms with Gasteiger partial charge >= 0.3 is 0 Å². The minimum Gasteiger partial charge on any atom is -0.398 e. The fourth-order valence-electron chi connectivity index (χ4n) is 2.33. The van der Waals surface area contributed by atoms with Crippen LogP contribution in [0.2, 0.25) is 0 Å². The predicted octanol–water partition coefficient (Wildman–Crippen LogP) is 3.75. The second kappa shape index (κ2) is 5.67. The standard InChI is InChI=1S/C16H20N2OS/c1-9-8-14(12(4)20-9)11(3)18-16(19)13-6-5-7-15(17)10(13)2/h5-8,11H,17H2,1-4H3,(H,18,19). The van der Waals surface area contributed by atoms with Crippen molar-refractivity contribution in [1.82, 2.24) is 5.32 Å². The summed E-state index contributed by atoms with van der Waals surface area (Å²) in [5.41, 5.74) is 9.15. The van der Waals surface area contributed by atoms with Crippen molar-refractivity contribution >= 4 is 22.9 Å². The van der Waals surface area contributed by atoms with E-state index >= 15 is 0 Å². The summed E-state index contributed by atoms with van der Waals surface area (Å²) in [6, 6.07) is 7.55. The Hall–Kier alpha value is -1.81. The second-order valence-electron chi connectivity index (χ2n) is 5.08. The molecule has 1 amide bonds. The van der Waals surface area contributed by atoms with Crippen LogP contribution in [-0.2, 0) is 0 Å². The number of amides is 1. The van der Waals surface area contributed by atoms with E-state index in [1.807, 2.05) is 26.0 Å². The van der Waals surface area contributed by atoms with E-state index in [2.05, 4.69) is 25.2 Å². The van der Waals surface area contributed by atoms with E-state index in [1.54, 1.807) is 17.4 Å². The number of benzene rings is 1. The number of carbonyl (C=O) groups is 1. The Morgan fingerprint density at radius 3 is 2.60 bits per heavy atom. The number of hydrogen-bond donors (Lipinski definition) is 2. The summed E-state index contributed by atoms with van der Waals surface area (Å²) < 4.78 is 0. The molecule has 2 rings (SSSR count). The summed E-state index contributed by atoms with van der Waals surface area (Å²) in [5.74, 6) is -0.0782. The van der Waals surface area contributed by atoms with Gasteiger partial charge in [-0.3, -0.25) is 4.79 Å². The molecular formula is C16H20N2OS. The lowest BCUT2D eigenvalue weighted by Gasteiger charge is -2.15. The van der Waals surface area contributed by atoms with Crippen LogP contribution in [0.25, 0.3) is 0 Å². The molecule has 1 unspecified atom stereocenters. The van der Waals surface area contributed by atoms with Crippen molar-refractivity contribution in [3.8, 4) is 0 Å². The number of nitrogens with one attached hydrogen (secondary N) is 1. The van der Waals surface area contributed by atoms with E-state index < -0.39 is 0 Å². The van der Waals surface area contributed by atoms with E-state index in [0.717, 1.165) is 5.56 Å². The zero-order chi connectivity index (χ0) is 14.9. The summed E-state index contributed by atoms with van der Waals surface area (Å²) in [7, 11) is 0. The number of thiophene rings is 1. The normalized spacial score (nSPS) is 12.2. The first kappa shape index (κ1) is 14.6. The topological polar surface area (TPSA) is 55.1 Å². The lowest BCUT2D eigenvalue weighted by Crippen LogP contribution is -2.27. The molecule has 0 saturated carbocycles. The third-order valence-electron chi connectivity index (χ3n) is 3.51. The summed E-state index contributed by atoms with van der Waals surface area (Å²) in [5, 5.41) is 3.05. The van der Waals surface area contributed by atoms with Crippen LogP contribution in [0, 0.1) is 20.8 Å². The first-order valence-corrected chi connectivity index (χ1v) is 7.44. The number of nitrogen functional groups attached to an aromatic ring is 1. The van der Waals surface area contributed by atoms with Gasteiger partial charge in [0.2, 0.25) is 0 Å². The van der Waals surface area contributed by atoms with E-state index in [9.17, 15) is 4.79 Å². The number of carbonyl (C=O) groups excluding carboxylic acids is 1. The highest BCUT2D eigenvalue weighted by Crippen LogP contribution is 2.26. The Labute approximate surface area is 123 Å². The molecule has 20 heavy (non-hydrogen) atoms. The molecule has 106 valence electrons. The maximum atomic E-state index is 12.4. The molecule has 3 N–H and O–H groups in total. The van der Waals surface area contributed by atoms with Crippen LogP contribution in [0.1, 0.15) is 44.2 Å². The van der Waals surface area contributed by atoms with Gasteiger partial charge in [0.1, 0.15) is 0 Å². The van der Waals surface area contributed by atoms with E-state index in [4.69, 9.17) is 5.73 Å². The fraction of sp³-hybridized carbons (Fsp3) is 0.312. The van der Waals surface area contributed by atoms with E-state index in [-0.39, 0.29) is 11.9 Å². The van der Waals surface area contributed by atoms with Crippen LogP contribution in [-0.4, -0.2) is 5.91 Å². The third-order valence-corrected chi connectivity index (χ3v) is 4.50. The van der Waals surface area contributed by atoms with Gasteiger partial charge in [-0.15, -0.1) is 11.3 Å². The van der Waals surface area contributed by atoms with Gasteiger partial charge in [-0.2, -0.15) is 0 Å². The molecule has 0 aliphatic carbocycles.